The summed E-state index contributed by atoms with van der Waals surface area (Å²) in [6.45, 7) is 5.27. The Balaban J connectivity index is 2.25. The third-order valence-corrected chi connectivity index (χ3v) is 4.27. The van der Waals surface area contributed by atoms with E-state index in [1.54, 1.807) is 18.2 Å². The fraction of sp³-hybridized carbons (Fsp3) is 0.235. The Morgan fingerprint density at radius 2 is 1.95 bits per heavy atom. The van der Waals surface area contributed by atoms with Crippen molar-refractivity contribution in [3.63, 3.8) is 0 Å². The number of nitrogen functional groups attached to an aromatic ring is 1. The zero-order valence-corrected chi connectivity index (χ0v) is 13.9. The van der Waals surface area contributed by atoms with E-state index >= 15 is 0 Å². The average molecular weight is 347 g/mol. The summed E-state index contributed by atoms with van der Waals surface area (Å²) < 4.78 is 0.665. The van der Waals surface area contributed by atoms with Crippen molar-refractivity contribution < 1.29 is 4.79 Å². The largest absolute Gasteiger partial charge is 0.398 e. The van der Waals surface area contributed by atoms with Gasteiger partial charge in [-0.15, -0.1) is 0 Å². The average Bonchev–Trinajstić information content (AvgIpc) is 2.47. The number of hydrogen-bond acceptors (Lipinski definition) is 2. The maximum absolute atomic E-state index is 12.7. The smallest absolute Gasteiger partial charge is 0.255 e. The number of benzene rings is 2. The molecular formula is C17H19BrN2O. The van der Waals surface area contributed by atoms with Crippen LogP contribution in [0.25, 0.3) is 0 Å². The highest BCUT2D eigenvalue weighted by molar-refractivity contribution is 9.10. The van der Waals surface area contributed by atoms with E-state index in [4.69, 9.17) is 5.73 Å². The van der Waals surface area contributed by atoms with Gasteiger partial charge in [-0.3, -0.25) is 4.79 Å². The number of nitrogens with zero attached hydrogens (tertiary/aromatic N) is 1. The van der Waals surface area contributed by atoms with Crippen molar-refractivity contribution in [1.82, 2.24) is 4.90 Å². The van der Waals surface area contributed by atoms with Gasteiger partial charge in [0.1, 0.15) is 0 Å². The number of amides is 1. The van der Waals surface area contributed by atoms with Crippen LogP contribution in [-0.2, 0) is 6.54 Å². The minimum Gasteiger partial charge on any atom is -0.398 e. The van der Waals surface area contributed by atoms with Crippen molar-refractivity contribution in [2.45, 2.75) is 20.4 Å². The first kappa shape index (κ1) is 15.6. The normalized spacial score (nSPS) is 10.4. The molecule has 0 atom stereocenters. The molecule has 1 amide bonds. The van der Waals surface area contributed by atoms with Crippen LogP contribution in [0.15, 0.2) is 46.9 Å². The van der Waals surface area contributed by atoms with Crippen molar-refractivity contribution in [1.29, 1.82) is 0 Å². The molecule has 3 nitrogen and oxygen atoms in total. The molecule has 0 radical (unpaired) electrons. The molecule has 0 aliphatic carbocycles. The Morgan fingerprint density at radius 3 is 2.62 bits per heavy atom. The minimum atomic E-state index is -0.0156. The lowest BCUT2D eigenvalue weighted by Gasteiger charge is -2.22. The number of aryl methyl sites for hydroxylation is 1. The zero-order valence-electron chi connectivity index (χ0n) is 12.3. The van der Waals surface area contributed by atoms with E-state index in [-0.39, 0.29) is 5.91 Å². The molecule has 2 aromatic carbocycles. The summed E-state index contributed by atoms with van der Waals surface area (Å²) in [4.78, 5) is 14.5. The van der Waals surface area contributed by atoms with Gasteiger partial charge < -0.3 is 10.6 Å². The lowest BCUT2D eigenvalue weighted by Crippen LogP contribution is -2.30. The number of nitrogens with two attached hydrogens (primary N) is 1. The second-order valence-electron chi connectivity index (χ2n) is 5.02. The second-order valence-corrected chi connectivity index (χ2v) is 5.81. The SMILES string of the molecule is CCN(Cc1cccc(C)c1)C(=O)c1cccc(N)c1Br. The summed E-state index contributed by atoms with van der Waals surface area (Å²) in [5, 5.41) is 0. The van der Waals surface area contributed by atoms with Crippen molar-refractivity contribution in [3.05, 3.63) is 63.6 Å². The Bertz CT molecular complexity index is 655. The molecule has 0 saturated carbocycles. The van der Waals surface area contributed by atoms with Gasteiger partial charge in [0.25, 0.3) is 5.91 Å². The molecule has 0 bridgehead atoms. The predicted molar refractivity (Wildman–Crippen MR) is 90.1 cm³/mol. The van der Waals surface area contributed by atoms with E-state index in [0.29, 0.717) is 28.8 Å². The lowest BCUT2D eigenvalue weighted by molar-refractivity contribution is 0.0751. The van der Waals surface area contributed by atoms with Gasteiger partial charge in [-0.1, -0.05) is 35.9 Å². The van der Waals surface area contributed by atoms with Gasteiger partial charge in [-0.25, -0.2) is 0 Å². The van der Waals surface area contributed by atoms with E-state index in [9.17, 15) is 4.79 Å². The van der Waals surface area contributed by atoms with Crippen LogP contribution >= 0.6 is 15.9 Å². The quantitative estimate of drug-likeness (QED) is 0.850. The third-order valence-electron chi connectivity index (χ3n) is 3.38. The summed E-state index contributed by atoms with van der Waals surface area (Å²) in [6, 6.07) is 13.6. The number of anilines is 1. The van der Waals surface area contributed by atoms with Crippen LogP contribution in [-0.4, -0.2) is 17.4 Å². The number of halogens is 1. The van der Waals surface area contributed by atoms with Crippen LogP contribution in [0.1, 0.15) is 28.4 Å². The maximum atomic E-state index is 12.7. The first-order valence-electron chi connectivity index (χ1n) is 6.91. The molecule has 2 N–H and O–H groups in total. The van der Waals surface area contributed by atoms with Crippen LogP contribution in [0, 0.1) is 6.92 Å². The van der Waals surface area contributed by atoms with Gasteiger partial charge in [0.05, 0.1) is 10.0 Å². The number of carbonyl (C=O) groups excluding carboxylic acids is 1. The van der Waals surface area contributed by atoms with Gasteiger partial charge in [0.2, 0.25) is 0 Å². The number of carbonyl (C=O) groups is 1. The summed E-state index contributed by atoms with van der Waals surface area (Å²) >= 11 is 3.40. The van der Waals surface area contributed by atoms with E-state index in [2.05, 4.69) is 35.0 Å². The minimum absolute atomic E-state index is 0.0156. The first-order valence-corrected chi connectivity index (χ1v) is 7.71. The van der Waals surface area contributed by atoms with Crippen molar-refractivity contribution in [2.75, 3.05) is 12.3 Å². The molecule has 21 heavy (non-hydrogen) atoms. The fourth-order valence-electron chi connectivity index (χ4n) is 2.24. The van der Waals surface area contributed by atoms with Crippen LogP contribution < -0.4 is 5.73 Å². The van der Waals surface area contributed by atoms with Gasteiger partial charge in [-0.05, 0) is 47.5 Å². The topological polar surface area (TPSA) is 46.3 Å². The molecular weight excluding hydrogens is 328 g/mol. The van der Waals surface area contributed by atoms with Crippen molar-refractivity contribution in [3.8, 4) is 0 Å². The Morgan fingerprint density at radius 1 is 1.24 bits per heavy atom. The monoisotopic (exact) mass is 346 g/mol. The molecule has 4 heteroatoms. The maximum Gasteiger partial charge on any atom is 0.255 e. The van der Waals surface area contributed by atoms with Gasteiger partial charge in [-0.2, -0.15) is 0 Å². The third kappa shape index (κ3) is 3.64. The molecule has 110 valence electrons. The molecule has 0 heterocycles. The Kier molecular flexibility index (Phi) is 5.02. The molecule has 0 aliphatic heterocycles. The zero-order chi connectivity index (χ0) is 15.4. The van der Waals surface area contributed by atoms with Crippen molar-refractivity contribution in [2.24, 2.45) is 0 Å². The molecule has 2 rings (SSSR count). The molecule has 0 spiro atoms. The van der Waals surface area contributed by atoms with E-state index in [1.807, 2.05) is 24.0 Å². The second kappa shape index (κ2) is 6.76. The first-order chi connectivity index (χ1) is 10.0. The number of rotatable bonds is 4. The van der Waals surface area contributed by atoms with E-state index in [0.717, 1.165) is 5.56 Å². The van der Waals surface area contributed by atoms with Crippen LogP contribution in [0.5, 0.6) is 0 Å². The predicted octanol–water partition coefficient (Wildman–Crippen LogP) is 4.00. The fourth-order valence-corrected chi connectivity index (χ4v) is 2.68. The summed E-state index contributed by atoms with van der Waals surface area (Å²) in [6.07, 6.45) is 0. The summed E-state index contributed by atoms with van der Waals surface area (Å²) in [5.41, 5.74) is 9.36. The van der Waals surface area contributed by atoms with Crippen LogP contribution in [0.3, 0.4) is 0 Å². The van der Waals surface area contributed by atoms with Crippen LogP contribution in [0.4, 0.5) is 5.69 Å². The van der Waals surface area contributed by atoms with Crippen molar-refractivity contribution >= 4 is 27.5 Å². The van der Waals surface area contributed by atoms with Gasteiger partial charge in [0, 0.05) is 18.8 Å². The highest BCUT2D eigenvalue weighted by atomic mass is 79.9. The Hall–Kier alpha value is -1.81. The lowest BCUT2D eigenvalue weighted by atomic mass is 10.1. The highest BCUT2D eigenvalue weighted by Crippen LogP contribution is 2.25. The molecule has 0 aliphatic rings. The van der Waals surface area contributed by atoms with Gasteiger partial charge >= 0.3 is 0 Å². The van der Waals surface area contributed by atoms with E-state index in [1.165, 1.54) is 5.56 Å². The highest BCUT2D eigenvalue weighted by Gasteiger charge is 2.18. The van der Waals surface area contributed by atoms with E-state index < -0.39 is 0 Å². The van der Waals surface area contributed by atoms with Crippen LogP contribution in [0.2, 0.25) is 0 Å². The standard InChI is InChI=1S/C17H19BrN2O/c1-3-20(11-13-7-4-6-12(2)10-13)17(21)14-8-5-9-15(19)16(14)18/h4-10H,3,11,19H2,1-2H3. The number of hydrogen-bond donors (Lipinski definition) is 1. The molecule has 0 saturated heterocycles. The molecule has 2 aromatic rings. The molecule has 0 unspecified atom stereocenters. The Labute approximate surface area is 133 Å². The molecule has 0 aromatic heterocycles. The van der Waals surface area contributed by atoms with Gasteiger partial charge in [0.15, 0.2) is 0 Å². The summed E-state index contributed by atoms with van der Waals surface area (Å²) in [7, 11) is 0. The molecule has 0 fully saturated rings. The summed E-state index contributed by atoms with van der Waals surface area (Å²) in [5.74, 6) is -0.0156.